The normalized spacial score (nSPS) is 17.3. The van der Waals surface area contributed by atoms with Crippen LogP contribution in [0.1, 0.15) is 34.7 Å². The Morgan fingerprint density at radius 1 is 0.531 bits per heavy atom. The van der Waals surface area contributed by atoms with Crippen LogP contribution in [0.15, 0.2) is 121 Å². The molecule has 0 nitrogen and oxygen atoms in total. The van der Waals surface area contributed by atoms with Gasteiger partial charge in [0.1, 0.15) is 0 Å². The van der Waals surface area contributed by atoms with Gasteiger partial charge in [-0.1, -0.05) is 0 Å². The molecule has 4 aromatic carbocycles. The molecular formula is C31H30Ti. The number of fused-ring (bicyclic) bond motifs is 1. The minimum absolute atomic E-state index is 0.109. The molecule has 0 fully saturated rings. The van der Waals surface area contributed by atoms with Crippen molar-refractivity contribution in [2.24, 2.45) is 0 Å². The molecule has 0 N–H and O–H groups in total. The first-order valence-electron chi connectivity index (χ1n) is 11.6. The zero-order valence-electron chi connectivity index (χ0n) is 18.7. The molecule has 0 bridgehead atoms. The van der Waals surface area contributed by atoms with E-state index in [0.717, 1.165) is 0 Å². The van der Waals surface area contributed by atoms with Gasteiger partial charge in [-0.25, -0.2) is 0 Å². The van der Waals surface area contributed by atoms with Crippen LogP contribution in [-0.4, -0.2) is 0 Å². The standard InChI is InChI=1S/C10H9.3C7H7.Ti/c1-8-6-7-9-4-2-3-5-10(8)9;3*1-7-5-3-2-4-6-7;/h2-7H,1H3;3*2-6H,1H2;. The van der Waals surface area contributed by atoms with Gasteiger partial charge in [-0.05, 0) is 0 Å². The molecule has 0 aliphatic heterocycles. The Bertz CT molecular complexity index is 1090. The van der Waals surface area contributed by atoms with E-state index in [0.29, 0.717) is 0 Å². The summed E-state index contributed by atoms with van der Waals surface area (Å²) in [5.41, 5.74) is 7.39. The number of allylic oxidation sites excluding steroid dienone is 1. The fraction of sp³-hybridized carbons (Fsp3) is 0.161. The number of hydrogen-bond donors (Lipinski definition) is 0. The monoisotopic (exact) mass is 450 g/mol. The first-order valence-corrected chi connectivity index (χ1v) is 15.7. The molecule has 1 atom stereocenters. The Balaban J connectivity index is 1.70. The Hall–Kier alpha value is -2.67. The summed E-state index contributed by atoms with van der Waals surface area (Å²) < 4.78 is 3.73. The van der Waals surface area contributed by atoms with Crippen molar-refractivity contribution in [3.8, 4) is 0 Å². The Labute approximate surface area is 196 Å². The quantitative estimate of drug-likeness (QED) is 0.253. The van der Waals surface area contributed by atoms with Gasteiger partial charge in [0.2, 0.25) is 0 Å². The second-order valence-corrected chi connectivity index (χ2v) is 16.7. The van der Waals surface area contributed by atoms with Crippen molar-refractivity contribution in [2.75, 3.05) is 0 Å². The molecule has 4 aromatic rings. The second kappa shape index (κ2) is 9.06. The summed E-state index contributed by atoms with van der Waals surface area (Å²) in [4.78, 5) is 0. The third-order valence-electron chi connectivity index (χ3n) is 7.37. The molecule has 0 saturated heterocycles. The van der Waals surface area contributed by atoms with Gasteiger partial charge in [-0.15, -0.1) is 0 Å². The summed E-state index contributed by atoms with van der Waals surface area (Å²) in [7, 11) is 0. The maximum absolute atomic E-state index is 2.76. The van der Waals surface area contributed by atoms with Crippen molar-refractivity contribution in [1.29, 1.82) is 0 Å². The molecule has 0 heterocycles. The molecule has 0 aromatic heterocycles. The van der Waals surface area contributed by atoms with Gasteiger partial charge in [0.25, 0.3) is 0 Å². The first-order chi connectivity index (χ1) is 15.7. The summed E-state index contributed by atoms with van der Waals surface area (Å²) >= 11 is -2.76. The van der Waals surface area contributed by atoms with Crippen molar-refractivity contribution in [3.05, 3.63) is 149 Å². The van der Waals surface area contributed by atoms with Crippen LogP contribution in [0.5, 0.6) is 0 Å². The molecule has 0 spiro atoms. The van der Waals surface area contributed by atoms with Gasteiger partial charge < -0.3 is 0 Å². The van der Waals surface area contributed by atoms with Gasteiger partial charge in [-0.3, -0.25) is 0 Å². The molecule has 1 aliphatic rings. The van der Waals surface area contributed by atoms with Crippen molar-refractivity contribution in [3.63, 3.8) is 0 Å². The number of benzene rings is 4. The van der Waals surface area contributed by atoms with E-state index in [1.165, 1.54) is 42.0 Å². The Kier molecular flexibility index (Phi) is 6.00. The van der Waals surface area contributed by atoms with Gasteiger partial charge in [-0.2, -0.15) is 0 Å². The van der Waals surface area contributed by atoms with Crippen LogP contribution in [0.4, 0.5) is 0 Å². The summed E-state index contributed by atoms with van der Waals surface area (Å²) in [6.45, 7) is 2.55. The molecule has 158 valence electrons. The van der Waals surface area contributed by atoms with E-state index >= 15 is 0 Å². The third-order valence-corrected chi connectivity index (χ3v) is 16.6. The van der Waals surface area contributed by atoms with Crippen LogP contribution in [-0.2, 0) is 34.5 Å². The van der Waals surface area contributed by atoms with E-state index in [1.54, 1.807) is 0 Å². The van der Waals surface area contributed by atoms with E-state index < -0.39 is 16.6 Å². The van der Waals surface area contributed by atoms with Gasteiger partial charge >= 0.3 is 197 Å². The molecule has 1 unspecified atom stereocenters. The topological polar surface area (TPSA) is 0 Å². The average Bonchev–Trinajstić information content (AvgIpc) is 3.19. The van der Waals surface area contributed by atoms with Crippen molar-refractivity contribution < 1.29 is 16.6 Å². The van der Waals surface area contributed by atoms with Gasteiger partial charge in [0.15, 0.2) is 0 Å². The zero-order chi connectivity index (χ0) is 21.9. The second-order valence-electron chi connectivity index (χ2n) is 9.39. The van der Waals surface area contributed by atoms with Gasteiger partial charge in [0, 0.05) is 0 Å². The number of hydrogen-bond acceptors (Lipinski definition) is 0. The first kappa shape index (κ1) is 21.2. The van der Waals surface area contributed by atoms with Crippen molar-refractivity contribution in [2.45, 2.75) is 24.8 Å². The van der Waals surface area contributed by atoms with Crippen molar-refractivity contribution in [1.82, 2.24) is 0 Å². The Morgan fingerprint density at radius 2 is 0.938 bits per heavy atom. The van der Waals surface area contributed by atoms with Crippen LogP contribution in [0, 0.1) is 0 Å². The summed E-state index contributed by atoms with van der Waals surface area (Å²) in [5.74, 6) is 0. The third kappa shape index (κ3) is 4.06. The summed E-state index contributed by atoms with van der Waals surface area (Å²) in [5, 5.41) is 0. The van der Waals surface area contributed by atoms with E-state index in [2.05, 4.69) is 134 Å². The van der Waals surface area contributed by atoms with E-state index in [9.17, 15) is 0 Å². The molecule has 1 aliphatic carbocycles. The summed E-state index contributed by atoms with van der Waals surface area (Å²) in [6, 6.07) is 42.7. The molecule has 5 rings (SSSR count). The van der Waals surface area contributed by atoms with E-state index in [4.69, 9.17) is 0 Å². The van der Waals surface area contributed by atoms with Crippen LogP contribution >= 0.6 is 0 Å². The fourth-order valence-electron chi connectivity index (χ4n) is 5.62. The van der Waals surface area contributed by atoms with Crippen LogP contribution in [0.25, 0.3) is 6.08 Å². The van der Waals surface area contributed by atoms with Gasteiger partial charge in [0.05, 0.1) is 0 Å². The van der Waals surface area contributed by atoms with E-state index in [-0.39, 0.29) is 3.72 Å². The molecule has 0 radical (unpaired) electrons. The van der Waals surface area contributed by atoms with Crippen LogP contribution in [0.3, 0.4) is 0 Å². The fourth-order valence-corrected chi connectivity index (χ4v) is 14.6. The molecule has 32 heavy (non-hydrogen) atoms. The number of rotatable bonds is 7. The van der Waals surface area contributed by atoms with Crippen LogP contribution in [0.2, 0.25) is 0 Å². The zero-order valence-corrected chi connectivity index (χ0v) is 20.3. The summed E-state index contributed by atoms with van der Waals surface area (Å²) in [6.07, 6.45) is 4.95. The maximum atomic E-state index is 2.56. The van der Waals surface area contributed by atoms with Crippen molar-refractivity contribution >= 4 is 6.08 Å². The predicted molar refractivity (Wildman–Crippen MR) is 133 cm³/mol. The molecule has 0 amide bonds. The molecule has 1 heteroatoms. The molecule has 0 saturated carbocycles. The average molecular weight is 450 g/mol. The minimum atomic E-state index is -2.76. The van der Waals surface area contributed by atoms with E-state index in [1.807, 2.05) is 0 Å². The SMILES string of the molecule is C[C]1([Ti]([CH2]c2ccccc2)([CH2]c2ccccc2)[CH2]c2ccccc2)C=Cc2ccccc21. The predicted octanol–water partition coefficient (Wildman–Crippen LogP) is 7.68. The van der Waals surface area contributed by atoms with Crippen LogP contribution < -0.4 is 0 Å². The molecular weight excluding hydrogens is 420 g/mol. The Morgan fingerprint density at radius 3 is 1.41 bits per heavy atom.